The van der Waals surface area contributed by atoms with E-state index < -0.39 is 8.32 Å². The first kappa shape index (κ1) is 14.7. The third kappa shape index (κ3) is 2.63. The quantitative estimate of drug-likeness (QED) is 0.454. The van der Waals surface area contributed by atoms with E-state index in [1.165, 1.54) is 0 Å². The van der Waals surface area contributed by atoms with Gasteiger partial charge in [-0.15, -0.1) is 0 Å². The van der Waals surface area contributed by atoms with Gasteiger partial charge in [0.25, 0.3) is 0 Å². The Bertz CT molecular complexity index is 385. The highest BCUT2D eigenvalue weighted by Crippen LogP contribution is 2.45. The predicted molar refractivity (Wildman–Crippen MR) is 74.2 cm³/mol. The van der Waals surface area contributed by atoms with Gasteiger partial charge in [0.1, 0.15) is 12.4 Å². The molecule has 1 unspecified atom stereocenters. The van der Waals surface area contributed by atoms with Crippen molar-refractivity contribution in [3.05, 3.63) is 0 Å². The zero-order valence-corrected chi connectivity index (χ0v) is 13.4. The molecule has 1 aliphatic heterocycles. The Morgan fingerprint density at radius 2 is 2.00 bits per heavy atom. The van der Waals surface area contributed by atoms with E-state index in [0.29, 0.717) is 12.8 Å². The molecular formula is C14H24O4Si. The first-order chi connectivity index (χ1) is 8.65. The van der Waals surface area contributed by atoms with Crippen molar-refractivity contribution in [1.82, 2.24) is 0 Å². The summed E-state index contributed by atoms with van der Waals surface area (Å²) in [6.45, 7) is 10.9. The maximum atomic E-state index is 11.4. The van der Waals surface area contributed by atoms with Crippen molar-refractivity contribution < 1.29 is 18.8 Å². The number of aldehydes is 1. The molecule has 0 amide bonds. The fourth-order valence-corrected chi connectivity index (χ4v) is 4.13. The normalized spacial score (nSPS) is 35.1. The predicted octanol–water partition coefficient (Wildman–Crippen LogP) is 2.53. The van der Waals surface area contributed by atoms with Crippen LogP contribution < -0.4 is 0 Å². The van der Waals surface area contributed by atoms with Crippen LogP contribution in [0.4, 0.5) is 0 Å². The van der Waals surface area contributed by atoms with Crippen molar-refractivity contribution in [2.24, 2.45) is 11.8 Å². The standard InChI is InChI=1S/C14H24O4Si/c1-14(2,3)19(4,5)18-12-7-11-9(10(12)8-15)6-13(16)17-11/h8-12H,6-7H2,1-5H3/t9-,10-,11?,12+/m1/s1. The molecule has 4 nitrogen and oxygen atoms in total. The smallest absolute Gasteiger partial charge is 0.306 e. The molecule has 0 spiro atoms. The molecule has 2 rings (SSSR count). The van der Waals surface area contributed by atoms with Crippen LogP contribution in [0.1, 0.15) is 33.6 Å². The van der Waals surface area contributed by atoms with Crippen molar-refractivity contribution in [3.8, 4) is 0 Å². The highest BCUT2D eigenvalue weighted by Gasteiger charge is 2.53. The average Bonchev–Trinajstić information content (AvgIpc) is 2.70. The summed E-state index contributed by atoms with van der Waals surface area (Å²) in [6.07, 6.45) is 1.81. The van der Waals surface area contributed by atoms with E-state index in [-0.39, 0.29) is 35.1 Å². The van der Waals surface area contributed by atoms with Gasteiger partial charge in [0, 0.05) is 18.3 Å². The second-order valence-corrected chi connectivity index (χ2v) is 12.0. The monoisotopic (exact) mass is 284 g/mol. The number of carbonyl (C=O) groups is 2. The molecule has 0 aromatic heterocycles. The van der Waals surface area contributed by atoms with Gasteiger partial charge in [-0.05, 0) is 18.1 Å². The van der Waals surface area contributed by atoms with Crippen molar-refractivity contribution in [2.75, 3.05) is 0 Å². The van der Waals surface area contributed by atoms with Gasteiger partial charge in [0.2, 0.25) is 0 Å². The van der Waals surface area contributed by atoms with Crippen LogP contribution in [0.3, 0.4) is 0 Å². The summed E-state index contributed by atoms with van der Waals surface area (Å²) in [5.74, 6) is -0.335. The lowest BCUT2D eigenvalue weighted by atomic mass is 9.94. The van der Waals surface area contributed by atoms with Gasteiger partial charge in [-0.1, -0.05) is 20.8 Å². The van der Waals surface area contributed by atoms with Crippen molar-refractivity contribution in [1.29, 1.82) is 0 Å². The highest BCUT2D eigenvalue weighted by molar-refractivity contribution is 6.74. The summed E-state index contributed by atoms with van der Waals surface area (Å²) in [5, 5.41) is 0.120. The first-order valence-electron chi connectivity index (χ1n) is 6.98. The summed E-state index contributed by atoms with van der Waals surface area (Å²) < 4.78 is 11.6. The van der Waals surface area contributed by atoms with Gasteiger partial charge in [0.15, 0.2) is 8.32 Å². The summed E-state index contributed by atoms with van der Waals surface area (Å²) in [7, 11) is -1.89. The molecule has 0 bridgehead atoms. The summed E-state index contributed by atoms with van der Waals surface area (Å²) >= 11 is 0. The van der Waals surface area contributed by atoms with Crippen LogP contribution in [-0.4, -0.2) is 32.8 Å². The number of ether oxygens (including phenoxy) is 1. The van der Waals surface area contributed by atoms with Crippen LogP contribution >= 0.6 is 0 Å². The van der Waals surface area contributed by atoms with Crippen LogP contribution in [0.15, 0.2) is 0 Å². The Morgan fingerprint density at radius 1 is 1.37 bits per heavy atom. The van der Waals surface area contributed by atoms with E-state index in [1.807, 2.05) is 0 Å². The van der Waals surface area contributed by atoms with E-state index >= 15 is 0 Å². The highest BCUT2D eigenvalue weighted by atomic mass is 28.4. The Morgan fingerprint density at radius 3 is 2.53 bits per heavy atom. The fourth-order valence-electron chi connectivity index (χ4n) is 2.77. The molecule has 0 aromatic carbocycles. The molecule has 0 aromatic rings. The zero-order chi connectivity index (χ0) is 14.4. The van der Waals surface area contributed by atoms with Gasteiger partial charge < -0.3 is 14.0 Å². The van der Waals surface area contributed by atoms with Gasteiger partial charge in [-0.2, -0.15) is 0 Å². The largest absolute Gasteiger partial charge is 0.462 e. The minimum Gasteiger partial charge on any atom is -0.462 e. The molecule has 5 heteroatoms. The van der Waals surface area contributed by atoms with Crippen LogP contribution in [0.5, 0.6) is 0 Å². The molecule has 0 N–H and O–H groups in total. The van der Waals surface area contributed by atoms with Crippen molar-refractivity contribution >= 4 is 20.6 Å². The van der Waals surface area contributed by atoms with Gasteiger partial charge >= 0.3 is 5.97 Å². The number of hydrogen-bond acceptors (Lipinski definition) is 4. The van der Waals surface area contributed by atoms with Crippen LogP contribution in [0.2, 0.25) is 18.1 Å². The fraction of sp³-hybridized carbons (Fsp3) is 0.857. The lowest BCUT2D eigenvalue weighted by molar-refractivity contribution is -0.141. The van der Waals surface area contributed by atoms with Crippen LogP contribution in [0, 0.1) is 11.8 Å². The Balaban J connectivity index is 2.11. The minimum atomic E-state index is -1.89. The Hall–Kier alpha value is -0.683. The molecule has 1 aliphatic carbocycles. The first-order valence-corrected chi connectivity index (χ1v) is 9.89. The van der Waals surface area contributed by atoms with Gasteiger partial charge in [0.05, 0.1) is 12.5 Å². The average molecular weight is 284 g/mol. The Kier molecular flexibility index (Phi) is 3.64. The molecule has 2 fully saturated rings. The Labute approximate surface area is 116 Å². The zero-order valence-electron chi connectivity index (χ0n) is 12.4. The molecule has 108 valence electrons. The molecule has 1 heterocycles. The van der Waals surface area contributed by atoms with E-state index in [9.17, 15) is 9.59 Å². The number of esters is 1. The second kappa shape index (κ2) is 4.70. The molecule has 0 radical (unpaired) electrons. The number of rotatable bonds is 3. The second-order valence-electron chi connectivity index (χ2n) is 7.26. The van der Waals surface area contributed by atoms with E-state index in [1.54, 1.807) is 0 Å². The van der Waals surface area contributed by atoms with Crippen molar-refractivity contribution in [2.45, 2.75) is 64.0 Å². The summed E-state index contributed by atoms with van der Waals surface area (Å²) in [6, 6.07) is 0. The molecular weight excluding hydrogens is 260 g/mol. The maximum Gasteiger partial charge on any atom is 0.306 e. The van der Waals surface area contributed by atoms with Gasteiger partial charge in [-0.3, -0.25) is 4.79 Å². The third-order valence-corrected chi connectivity index (χ3v) is 9.46. The number of carbonyl (C=O) groups excluding carboxylic acids is 2. The molecule has 4 atom stereocenters. The van der Waals surface area contributed by atoms with E-state index in [0.717, 1.165) is 6.29 Å². The summed E-state index contributed by atoms with van der Waals surface area (Å²) in [4.78, 5) is 22.7. The van der Waals surface area contributed by atoms with E-state index in [4.69, 9.17) is 9.16 Å². The lowest BCUT2D eigenvalue weighted by Crippen LogP contribution is -2.45. The molecule has 1 saturated carbocycles. The van der Waals surface area contributed by atoms with Crippen LogP contribution in [0.25, 0.3) is 0 Å². The minimum absolute atomic E-state index is 0.0276. The maximum absolute atomic E-state index is 11.4. The molecule has 2 aliphatic rings. The lowest BCUT2D eigenvalue weighted by Gasteiger charge is -2.39. The van der Waals surface area contributed by atoms with E-state index in [2.05, 4.69) is 33.9 Å². The SMILES string of the molecule is CC(C)(C)[Si](C)(C)O[C@H]1CC2OC(=O)C[C@@H]2[C@H]1C=O. The third-order valence-electron chi connectivity index (χ3n) is 4.96. The van der Waals surface area contributed by atoms with Crippen LogP contribution in [-0.2, 0) is 18.8 Å². The molecule has 19 heavy (non-hydrogen) atoms. The summed E-state index contributed by atoms with van der Waals surface area (Å²) in [5.41, 5.74) is 0. The molecule has 1 saturated heterocycles. The topological polar surface area (TPSA) is 52.6 Å². The number of fused-ring (bicyclic) bond motifs is 1. The van der Waals surface area contributed by atoms with Crippen molar-refractivity contribution in [3.63, 3.8) is 0 Å². The van der Waals surface area contributed by atoms with Gasteiger partial charge in [-0.25, -0.2) is 0 Å². The number of hydrogen-bond donors (Lipinski definition) is 0.